The van der Waals surface area contributed by atoms with Crippen LogP contribution in [0, 0.1) is 12.8 Å². The van der Waals surface area contributed by atoms with Gasteiger partial charge in [0, 0.05) is 12.6 Å². The van der Waals surface area contributed by atoms with Gasteiger partial charge in [0.2, 0.25) is 0 Å². The third kappa shape index (κ3) is 4.45. The molecule has 1 fully saturated rings. The van der Waals surface area contributed by atoms with Crippen LogP contribution >= 0.6 is 0 Å². The fourth-order valence-electron chi connectivity index (χ4n) is 3.49. The summed E-state index contributed by atoms with van der Waals surface area (Å²) < 4.78 is 5.96. The molecule has 0 spiro atoms. The number of ether oxygens (including phenoxy) is 1. The summed E-state index contributed by atoms with van der Waals surface area (Å²) in [4.78, 5) is 2.56. The van der Waals surface area contributed by atoms with Crippen LogP contribution in [0.15, 0.2) is 24.3 Å². The van der Waals surface area contributed by atoms with Gasteiger partial charge in [-0.05, 0) is 50.4 Å². The smallest absolute Gasteiger partial charge is 0.122 e. The largest absolute Gasteiger partial charge is 0.492 e. The highest BCUT2D eigenvalue weighted by Crippen LogP contribution is 2.27. The third-order valence-corrected chi connectivity index (χ3v) is 4.78. The van der Waals surface area contributed by atoms with Gasteiger partial charge in [0.15, 0.2) is 0 Å². The zero-order valence-electron chi connectivity index (χ0n) is 13.6. The molecule has 0 heterocycles. The molecule has 1 aliphatic rings. The summed E-state index contributed by atoms with van der Waals surface area (Å²) in [6.07, 6.45) is 5.27. The van der Waals surface area contributed by atoms with E-state index >= 15 is 0 Å². The Labute approximate surface area is 129 Å². The molecule has 3 heteroatoms. The van der Waals surface area contributed by atoms with Crippen molar-refractivity contribution in [1.29, 1.82) is 0 Å². The van der Waals surface area contributed by atoms with Gasteiger partial charge in [0.1, 0.15) is 12.4 Å². The molecule has 3 nitrogen and oxygen atoms in total. The Morgan fingerprint density at radius 1 is 1.24 bits per heavy atom. The number of nitrogens with two attached hydrogens (primary N) is 1. The van der Waals surface area contributed by atoms with E-state index in [9.17, 15) is 0 Å². The summed E-state index contributed by atoms with van der Waals surface area (Å²) in [7, 11) is 0. The fourth-order valence-corrected chi connectivity index (χ4v) is 3.49. The molecule has 1 aliphatic carbocycles. The van der Waals surface area contributed by atoms with Gasteiger partial charge in [-0.1, -0.05) is 38.0 Å². The van der Waals surface area contributed by atoms with Crippen molar-refractivity contribution in [2.45, 2.75) is 45.6 Å². The van der Waals surface area contributed by atoms with E-state index in [0.717, 1.165) is 32.0 Å². The summed E-state index contributed by atoms with van der Waals surface area (Å²) >= 11 is 0. The minimum absolute atomic E-state index is 0.647. The Kier molecular flexibility index (Phi) is 6.52. The van der Waals surface area contributed by atoms with Crippen molar-refractivity contribution < 1.29 is 4.74 Å². The van der Waals surface area contributed by atoms with E-state index in [1.165, 1.54) is 31.2 Å². The number of hydrogen-bond acceptors (Lipinski definition) is 3. The maximum atomic E-state index is 5.97. The molecule has 0 saturated heterocycles. The Balaban J connectivity index is 1.86. The van der Waals surface area contributed by atoms with Crippen LogP contribution in [-0.2, 0) is 0 Å². The molecule has 0 aromatic heterocycles. The van der Waals surface area contributed by atoms with Crippen LogP contribution in [0.2, 0.25) is 0 Å². The van der Waals surface area contributed by atoms with E-state index in [1.807, 2.05) is 6.07 Å². The summed E-state index contributed by atoms with van der Waals surface area (Å²) in [5.41, 5.74) is 7.17. The first-order valence-corrected chi connectivity index (χ1v) is 8.38. The van der Waals surface area contributed by atoms with Gasteiger partial charge >= 0.3 is 0 Å². The Hall–Kier alpha value is -1.06. The van der Waals surface area contributed by atoms with Crippen LogP contribution in [0.25, 0.3) is 0 Å². The average Bonchev–Trinajstić information content (AvgIpc) is 2.53. The van der Waals surface area contributed by atoms with Gasteiger partial charge in [-0.15, -0.1) is 0 Å². The van der Waals surface area contributed by atoms with Crippen LogP contribution in [-0.4, -0.2) is 37.2 Å². The average molecular weight is 290 g/mol. The molecule has 0 bridgehead atoms. The van der Waals surface area contributed by atoms with Gasteiger partial charge in [0.05, 0.1) is 0 Å². The van der Waals surface area contributed by atoms with Crippen molar-refractivity contribution in [2.75, 3.05) is 26.2 Å². The Morgan fingerprint density at radius 2 is 2.00 bits per heavy atom. The monoisotopic (exact) mass is 290 g/mol. The topological polar surface area (TPSA) is 38.5 Å². The predicted molar refractivity (Wildman–Crippen MR) is 88.7 cm³/mol. The number of hydrogen-bond donors (Lipinski definition) is 1. The molecule has 0 amide bonds. The first-order valence-electron chi connectivity index (χ1n) is 8.38. The Bertz CT molecular complexity index is 421. The summed E-state index contributed by atoms with van der Waals surface area (Å²) in [5, 5.41) is 0. The van der Waals surface area contributed by atoms with Crippen LogP contribution < -0.4 is 10.5 Å². The molecular formula is C18H30N2O. The van der Waals surface area contributed by atoms with E-state index in [2.05, 4.69) is 36.9 Å². The highest BCUT2D eigenvalue weighted by atomic mass is 16.5. The minimum atomic E-state index is 0.647. The first-order chi connectivity index (χ1) is 10.3. The standard InChI is InChI=1S/C18H30N2O/c1-3-20(17-10-6-5-9-16(17)14-19)12-13-21-18-11-7-4-8-15(18)2/h4,7-8,11,16-17H,3,5-6,9-10,12-14,19H2,1-2H3. The summed E-state index contributed by atoms with van der Waals surface area (Å²) in [5.74, 6) is 1.67. The van der Waals surface area contributed by atoms with Gasteiger partial charge in [-0.2, -0.15) is 0 Å². The molecule has 2 atom stereocenters. The normalized spacial score (nSPS) is 22.5. The number of aryl methyl sites for hydroxylation is 1. The lowest BCUT2D eigenvalue weighted by Crippen LogP contribution is -2.46. The number of nitrogens with zero attached hydrogens (tertiary/aromatic N) is 1. The zero-order chi connectivity index (χ0) is 15.1. The van der Waals surface area contributed by atoms with Crippen LogP contribution in [0.1, 0.15) is 38.2 Å². The summed E-state index contributed by atoms with van der Waals surface area (Å²) in [6.45, 7) is 7.99. The van der Waals surface area contributed by atoms with Crippen molar-refractivity contribution in [3.05, 3.63) is 29.8 Å². The van der Waals surface area contributed by atoms with Crippen molar-refractivity contribution in [3.63, 3.8) is 0 Å². The second-order valence-electron chi connectivity index (χ2n) is 6.09. The lowest BCUT2D eigenvalue weighted by atomic mass is 9.83. The van der Waals surface area contributed by atoms with Gasteiger partial charge in [-0.25, -0.2) is 0 Å². The number of benzene rings is 1. The van der Waals surface area contributed by atoms with E-state index < -0.39 is 0 Å². The van der Waals surface area contributed by atoms with Gasteiger partial charge in [-0.3, -0.25) is 4.90 Å². The van der Waals surface area contributed by atoms with Gasteiger partial charge < -0.3 is 10.5 Å². The maximum absolute atomic E-state index is 5.97. The molecule has 21 heavy (non-hydrogen) atoms. The van der Waals surface area contributed by atoms with Crippen molar-refractivity contribution in [1.82, 2.24) is 4.90 Å². The van der Waals surface area contributed by atoms with E-state index in [4.69, 9.17) is 10.5 Å². The number of rotatable bonds is 7. The lowest BCUT2D eigenvalue weighted by molar-refractivity contribution is 0.0956. The molecular weight excluding hydrogens is 260 g/mol. The first kappa shape index (κ1) is 16.3. The fraction of sp³-hybridized carbons (Fsp3) is 0.667. The molecule has 1 aromatic carbocycles. The van der Waals surface area contributed by atoms with Gasteiger partial charge in [0.25, 0.3) is 0 Å². The van der Waals surface area contributed by atoms with Crippen molar-refractivity contribution in [3.8, 4) is 5.75 Å². The zero-order valence-corrected chi connectivity index (χ0v) is 13.6. The Morgan fingerprint density at radius 3 is 2.71 bits per heavy atom. The molecule has 2 unspecified atom stereocenters. The summed E-state index contributed by atoms with van der Waals surface area (Å²) in [6, 6.07) is 8.88. The molecule has 0 radical (unpaired) electrons. The highest BCUT2D eigenvalue weighted by Gasteiger charge is 2.28. The third-order valence-electron chi connectivity index (χ3n) is 4.78. The van der Waals surface area contributed by atoms with Crippen LogP contribution in [0.5, 0.6) is 5.75 Å². The quantitative estimate of drug-likeness (QED) is 0.838. The predicted octanol–water partition coefficient (Wildman–Crippen LogP) is 3.21. The van der Waals surface area contributed by atoms with Crippen molar-refractivity contribution >= 4 is 0 Å². The van der Waals surface area contributed by atoms with Crippen LogP contribution in [0.4, 0.5) is 0 Å². The van der Waals surface area contributed by atoms with E-state index in [0.29, 0.717) is 12.0 Å². The molecule has 1 saturated carbocycles. The molecule has 0 aliphatic heterocycles. The number of likely N-dealkylation sites (N-methyl/N-ethyl adjacent to an activating group) is 1. The van der Waals surface area contributed by atoms with E-state index in [1.54, 1.807) is 0 Å². The second-order valence-corrected chi connectivity index (χ2v) is 6.09. The molecule has 2 rings (SSSR count). The highest BCUT2D eigenvalue weighted by molar-refractivity contribution is 5.31. The minimum Gasteiger partial charge on any atom is -0.492 e. The van der Waals surface area contributed by atoms with Crippen molar-refractivity contribution in [2.24, 2.45) is 11.7 Å². The molecule has 2 N–H and O–H groups in total. The maximum Gasteiger partial charge on any atom is 0.122 e. The van der Waals surface area contributed by atoms with Crippen LogP contribution in [0.3, 0.4) is 0 Å². The lowest BCUT2D eigenvalue weighted by Gasteiger charge is -2.39. The second kappa shape index (κ2) is 8.40. The number of para-hydroxylation sites is 1. The van der Waals surface area contributed by atoms with E-state index in [-0.39, 0.29) is 0 Å². The molecule has 118 valence electrons. The SMILES string of the molecule is CCN(CCOc1ccccc1C)C1CCCCC1CN. The molecule has 1 aromatic rings.